The third-order valence-corrected chi connectivity index (χ3v) is 3.53. The molecule has 1 heterocycles. The fraction of sp³-hybridized carbons (Fsp3) is 0.278. The Labute approximate surface area is 142 Å². The van der Waals surface area contributed by atoms with Crippen molar-refractivity contribution < 1.29 is 9.59 Å². The molecule has 1 aromatic carbocycles. The number of amides is 2. The molecule has 0 spiro atoms. The highest BCUT2D eigenvalue weighted by Gasteiger charge is 2.14. The fourth-order valence-corrected chi connectivity index (χ4v) is 2.18. The van der Waals surface area contributed by atoms with Gasteiger partial charge in [-0.3, -0.25) is 14.6 Å². The average Bonchev–Trinajstić information content (AvgIpc) is 2.55. The monoisotopic (exact) mass is 326 g/mol. The van der Waals surface area contributed by atoms with Gasteiger partial charge in [-0.2, -0.15) is 0 Å². The molecule has 0 saturated heterocycles. The Kier molecular flexibility index (Phi) is 5.89. The van der Waals surface area contributed by atoms with Gasteiger partial charge in [0, 0.05) is 38.6 Å². The maximum atomic E-state index is 12.2. The Morgan fingerprint density at radius 2 is 1.79 bits per heavy atom. The molecule has 0 bridgehead atoms. The molecule has 0 fully saturated rings. The third-order valence-electron chi connectivity index (χ3n) is 3.53. The summed E-state index contributed by atoms with van der Waals surface area (Å²) in [5.41, 5.74) is 2.50. The van der Waals surface area contributed by atoms with Crippen LogP contribution in [0.25, 0.3) is 0 Å². The minimum Gasteiger partial charge on any atom is -0.378 e. The van der Waals surface area contributed by atoms with Crippen molar-refractivity contribution in [1.29, 1.82) is 0 Å². The Hall–Kier alpha value is -2.89. The molecule has 2 aromatic rings. The lowest BCUT2D eigenvalue weighted by Gasteiger charge is -2.20. The van der Waals surface area contributed by atoms with Gasteiger partial charge in [0.25, 0.3) is 0 Å². The van der Waals surface area contributed by atoms with Crippen LogP contribution in [-0.2, 0) is 16.1 Å². The summed E-state index contributed by atoms with van der Waals surface area (Å²) in [6.07, 6.45) is 1.67. The first kappa shape index (κ1) is 17.5. The van der Waals surface area contributed by atoms with Gasteiger partial charge in [-0.25, -0.2) is 0 Å². The molecule has 0 unspecified atom stereocenters. The first-order valence-electron chi connectivity index (χ1n) is 7.68. The van der Waals surface area contributed by atoms with E-state index < -0.39 is 0 Å². The van der Waals surface area contributed by atoms with E-state index in [1.54, 1.807) is 6.20 Å². The number of nitrogens with zero attached hydrogens (tertiary/aromatic N) is 3. The highest BCUT2D eigenvalue weighted by atomic mass is 16.2. The average molecular weight is 326 g/mol. The van der Waals surface area contributed by atoms with Crippen molar-refractivity contribution in [2.45, 2.75) is 13.5 Å². The SMILES string of the molecule is CC(=O)N(CC(=O)Nc1ccc(N(C)C)cc1)Cc1ccccn1. The maximum absolute atomic E-state index is 12.2. The molecule has 1 aromatic heterocycles. The zero-order valence-corrected chi connectivity index (χ0v) is 14.2. The van der Waals surface area contributed by atoms with Crippen LogP contribution in [0.4, 0.5) is 11.4 Å². The summed E-state index contributed by atoms with van der Waals surface area (Å²) in [6.45, 7) is 1.74. The molecule has 0 saturated carbocycles. The van der Waals surface area contributed by atoms with Crippen molar-refractivity contribution in [1.82, 2.24) is 9.88 Å². The number of hydrogen-bond donors (Lipinski definition) is 1. The lowest BCUT2D eigenvalue weighted by Crippen LogP contribution is -2.36. The van der Waals surface area contributed by atoms with Gasteiger partial charge in [0.2, 0.25) is 11.8 Å². The summed E-state index contributed by atoms with van der Waals surface area (Å²) >= 11 is 0. The van der Waals surface area contributed by atoms with E-state index in [9.17, 15) is 9.59 Å². The summed E-state index contributed by atoms with van der Waals surface area (Å²) in [5, 5.41) is 2.81. The van der Waals surface area contributed by atoms with E-state index in [4.69, 9.17) is 0 Å². The number of hydrogen-bond acceptors (Lipinski definition) is 4. The second kappa shape index (κ2) is 8.10. The molecule has 1 N–H and O–H groups in total. The van der Waals surface area contributed by atoms with Crippen molar-refractivity contribution >= 4 is 23.2 Å². The van der Waals surface area contributed by atoms with E-state index in [0.717, 1.165) is 11.4 Å². The lowest BCUT2D eigenvalue weighted by atomic mass is 10.2. The molecular weight excluding hydrogens is 304 g/mol. The molecule has 0 aliphatic heterocycles. The highest BCUT2D eigenvalue weighted by molar-refractivity contribution is 5.94. The normalized spacial score (nSPS) is 10.1. The van der Waals surface area contributed by atoms with Gasteiger partial charge < -0.3 is 15.1 Å². The van der Waals surface area contributed by atoms with E-state index >= 15 is 0 Å². The number of anilines is 2. The van der Waals surface area contributed by atoms with Crippen molar-refractivity contribution in [3.8, 4) is 0 Å². The Morgan fingerprint density at radius 1 is 1.08 bits per heavy atom. The van der Waals surface area contributed by atoms with Crippen LogP contribution in [0.1, 0.15) is 12.6 Å². The van der Waals surface area contributed by atoms with Gasteiger partial charge in [-0.15, -0.1) is 0 Å². The number of nitrogens with one attached hydrogen (secondary N) is 1. The predicted molar refractivity (Wildman–Crippen MR) is 94.7 cm³/mol. The molecule has 126 valence electrons. The number of pyridine rings is 1. The maximum Gasteiger partial charge on any atom is 0.244 e. The summed E-state index contributed by atoms with van der Waals surface area (Å²) in [7, 11) is 3.91. The van der Waals surface area contributed by atoms with Gasteiger partial charge in [-0.1, -0.05) is 6.07 Å². The molecule has 0 aliphatic rings. The van der Waals surface area contributed by atoms with Crippen LogP contribution in [-0.4, -0.2) is 42.3 Å². The van der Waals surface area contributed by atoms with Crippen LogP contribution >= 0.6 is 0 Å². The van der Waals surface area contributed by atoms with E-state index in [1.807, 2.05) is 61.5 Å². The fourth-order valence-electron chi connectivity index (χ4n) is 2.18. The quantitative estimate of drug-likeness (QED) is 0.883. The molecular formula is C18H22N4O2. The van der Waals surface area contributed by atoms with Crippen LogP contribution in [0.3, 0.4) is 0 Å². The summed E-state index contributed by atoms with van der Waals surface area (Å²) in [5.74, 6) is -0.405. The van der Waals surface area contributed by atoms with Crippen molar-refractivity contribution in [3.05, 3.63) is 54.4 Å². The van der Waals surface area contributed by atoms with Gasteiger partial charge in [-0.05, 0) is 36.4 Å². The smallest absolute Gasteiger partial charge is 0.244 e. The van der Waals surface area contributed by atoms with Crippen molar-refractivity contribution in [2.24, 2.45) is 0 Å². The minimum atomic E-state index is -0.237. The minimum absolute atomic E-state index is 0.0126. The molecule has 0 aliphatic carbocycles. The second-order valence-corrected chi connectivity index (χ2v) is 5.69. The summed E-state index contributed by atoms with van der Waals surface area (Å²) in [4.78, 5) is 31.6. The zero-order valence-electron chi connectivity index (χ0n) is 14.2. The predicted octanol–water partition coefficient (Wildman–Crippen LogP) is 2.13. The molecule has 24 heavy (non-hydrogen) atoms. The second-order valence-electron chi connectivity index (χ2n) is 5.69. The van der Waals surface area contributed by atoms with Gasteiger partial charge >= 0.3 is 0 Å². The summed E-state index contributed by atoms with van der Waals surface area (Å²) < 4.78 is 0. The number of benzene rings is 1. The zero-order chi connectivity index (χ0) is 17.5. The third kappa shape index (κ3) is 5.08. The Bertz CT molecular complexity index is 684. The van der Waals surface area contributed by atoms with Gasteiger partial charge in [0.05, 0.1) is 12.2 Å². The van der Waals surface area contributed by atoms with E-state index in [0.29, 0.717) is 12.2 Å². The molecule has 0 radical (unpaired) electrons. The first-order valence-corrected chi connectivity index (χ1v) is 7.68. The Morgan fingerprint density at radius 3 is 2.33 bits per heavy atom. The van der Waals surface area contributed by atoms with Crippen LogP contribution < -0.4 is 10.2 Å². The molecule has 6 nitrogen and oxygen atoms in total. The number of rotatable bonds is 6. The van der Waals surface area contributed by atoms with E-state index in [1.165, 1.54) is 11.8 Å². The van der Waals surface area contributed by atoms with E-state index in [-0.39, 0.29) is 18.4 Å². The van der Waals surface area contributed by atoms with Crippen LogP contribution in [0, 0.1) is 0 Å². The van der Waals surface area contributed by atoms with Gasteiger partial charge in [0.15, 0.2) is 0 Å². The number of carbonyl (C=O) groups is 2. The molecule has 2 amide bonds. The van der Waals surface area contributed by atoms with Gasteiger partial charge in [0.1, 0.15) is 6.54 Å². The number of aromatic nitrogens is 1. The molecule has 2 rings (SSSR count). The van der Waals surface area contributed by atoms with Crippen molar-refractivity contribution in [3.63, 3.8) is 0 Å². The molecule has 0 atom stereocenters. The largest absolute Gasteiger partial charge is 0.378 e. The van der Waals surface area contributed by atoms with Crippen LogP contribution in [0.15, 0.2) is 48.7 Å². The molecule has 6 heteroatoms. The highest BCUT2D eigenvalue weighted by Crippen LogP contribution is 2.15. The Balaban J connectivity index is 1.96. The topological polar surface area (TPSA) is 65.5 Å². The first-order chi connectivity index (χ1) is 11.5. The standard InChI is InChI=1S/C18H22N4O2/c1-14(23)22(12-16-6-4-5-11-19-16)13-18(24)20-15-7-9-17(10-8-15)21(2)3/h4-11H,12-13H2,1-3H3,(H,20,24). The van der Waals surface area contributed by atoms with Crippen LogP contribution in [0.2, 0.25) is 0 Å². The van der Waals surface area contributed by atoms with Crippen LogP contribution in [0.5, 0.6) is 0 Å². The van der Waals surface area contributed by atoms with E-state index in [2.05, 4.69) is 10.3 Å². The summed E-state index contributed by atoms with van der Waals surface area (Å²) in [6, 6.07) is 13.0. The van der Waals surface area contributed by atoms with Crippen molar-refractivity contribution in [2.75, 3.05) is 30.9 Å². The number of carbonyl (C=O) groups excluding carboxylic acids is 2. The lowest BCUT2D eigenvalue weighted by molar-refractivity contribution is -0.133.